The maximum absolute atomic E-state index is 11.6. The Kier molecular flexibility index (Phi) is 7.07. The summed E-state index contributed by atoms with van der Waals surface area (Å²) < 4.78 is 2.98. The topological polar surface area (TPSA) is 17.1 Å². The van der Waals surface area contributed by atoms with E-state index < -0.39 is 0 Å². The monoisotopic (exact) mass is 545 g/mol. The van der Waals surface area contributed by atoms with E-state index in [0.29, 0.717) is 11.7 Å². The zero-order valence-electron chi connectivity index (χ0n) is 21.6. The van der Waals surface area contributed by atoms with E-state index in [-0.39, 0.29) is 42.9 Å². The summed E-state index contributed by atoms with van der Waals surface area (Å²) in [4.78, 5) is 11.6. The normalized spacial score (nSPS) is 24.3. The fraction of sp³-hybridized carbons (Fsp3) is 0.567. The van der Waals surface area contributed by atoms with Crippen LogP contribution in [0.2, 0.25) is 0 Å². The average molecular weight is 546 g/mol. The number of ketones is 1. The zero-order chi connectivity index (χ0) is 23.9. The van der Waals surface area contributed by atoms with E-state index in [1.807, 2.05) is 0 Å². The number of fused-ring (bicyclic) bond motifs is 2. The first-order valence-corrected chi connectivity index (χ1v) is 14.2. The lowest BCUT2D eigenvalue weighted by Gasteiger charge is -2.32. The number of rotatable bonds is 2. The van der Waals surface area contributed by atoms with Crippen molar-refractivity contribution in [2.24, 2.45) is 16.7 Å². The summed E-state index contributed by atoms with van der Waals surface area (Å²) in [6.07, 6.45) is 3.25. The van der Waals surface area contributed by atoms with E-state index in [4.69, 9.17) is 0 Å². The molecule has 2 bridgehead atoms. The van der Waals surface area contributed by atoms with E-state index >= 15 is 0 Å². The summed E-state index contributed by atoms with van der Waals surface area (Å²) >= 11 is -0.0703. The van der Waals surface area contributed by atoms with Crippen molar-refractivity contribution in [1.29, 1.82) is 0 Å². The molecule has 0 saturated heterocycles. The van der Waals surface area contributed by atoms with Crippen molar-refractivity contribution >= 4 is 5.78 Å². The summed E-state index contributed by atoms with van der Waals surface area (Å²) in [5, 5.41) is 0. The van der Waals surface area contributed by atoms with E-state index in [1.54, 1.807) is 0 Å². The Morgan fingerprint density at radius 2 is 1.16 bits per heavy atom. The largest absolute Gasteiger partial charge is 0.357 e. The first-order valence-electron chi connectivity index (χ1n) is 12.0. The standard InChI is InChI=1S/C20H26I.C10H16O/c1-19(2,3)15-7-11-17(12-8-15)21-18-13-9-16(10-14-18)20(4,5)6;1-9(2)7-4-5-10(9,3)8(11)6-7/h7-14H,1-6H3;7H,4-6H2,1-3H3/q+1;. The van der Waals surface area contributed by atoms with Gasteiger partial charge < -0.3 is 0 Å². The molecule has 0 N–H and O–H groups in total. The summed E-state index contributed by atoms with van der Waals surface area (Å²) in [6.45, 7) is 20.3. The van der Waals surface area contributed by atoms with Gasteiger partial charge in [0, 0.05) is 11.8 Å². The van der Waals surface area contributed by atoms with Gasteiger partial charge in [-0.15, -0.1) is 0 Å². The van der Waals surface area contributed by atoms with Crippen molar-refractivity contribution in [2.45, 2.75) is 92.4 Å². The Morgan fingerprint density at radius 3 is 1.38 bits per heavy atom. The Morgan fingerprint density at radius 1 is 0.750 bits per heavy atom. The number of hydrogen-bond donors (Lipinski definition) is 0. The molecule has 174 valence electrons. The molecule has 2 fully saturated rings. The highest BCUT2D eigenvalue weighted by atomic mass is 127. The fourth-order valence-corrected chi connectivity index (χ4v) is 7.21. The Bertz CT molecular complexity index is 883. The van der Waals surface area contributed by atoms with Crippen LogP contribution in [-0.4, -0.2) is 5.78 Å². The molecule has 2 heteroatoms. The highest BCUT2D eigenvalue weighted by Gasteiger charge is 2.61. The Hall–Kier alpha value is -1.16. The van der Waals surface area contributed by atoms with Gasteiger partial charge in [-0.2, -0.15) is 0 Å². The summed E-state index contributed by atoms with van der Waals surface area (Å²) in [7, 11) is 0. The van der Waals surface area contributed by atoms with Crippen LogP contribution in [0.1, 0.15) is 92.7 Å². The molecular formula is C30H42IO+. The van der Waals surface area contributed by atoms with E-state index in [9.17, 15) is 4.79 Å². The molecule has 2 aliphatic carbocycles. The summed E-state index contributed by atoms with van der Waals surface area (Å²) in [6, 6.07) is 18.4. The Labute approximate surface area is 207 Å². The molecule has 2 atom stereocenters. The van der Waals surface area contributed by atoms with Crippen LogP contribution in [0, 0.1) is 23.9 Å². The second-order valence-corrected chi connectivity index (χ2v) is 15.6. The third-order valence-corrected chi connectivity index (χ3v) is 10.8. The molecule has 32 heavy (non-hydrogen) atoms. The number of benzene rings is 2. The van der Waals surface area contributed by atoms with Crippen molar-refractivity contribution in [3.8, 4) is 0 Å². The van der Waals surface area contributed by atoms with Gasteiger partial charge in [0.05, 0.1) is 0 Å². The van der Waals surface area contributed by atoms with Crippen molar-refractivity contribution < 1.29 is 26.0 Å². The second kappa shape index (κ2) is 8.89. The van der Waals surface area contributed by atoms with Crippen LogP contribution in [0.4, 0.5) is 0 Å². The van der Waals surface area contributed by atoms with Gasteiger partial charge in [0.15, 0.2) is 7.14 Å². The van der Waals surface area contributed by atoms with Crippen LogP contribution >= 0.6 is 0 Å². The van der Waals surface area contributed by atoms with Gasteiger partial charge in [0.2, 0.25) is 0 Å². The van der Waals surface area contributed by atoms with Crippen molar-refractivity contribution in [3.63, 3.8) is 0 Å². The molecule has 0 amide bonds. The number of hydrogen-bond acceptors (Lipinski definition) is 1. The lowest BCUT2D eigenvalue weighted by atomic mass is 9.70. The minimum atomic E-state index is -0.0703. The third-order valence-electron chi connectivity index (χ3n) is 8.12. The lowest BCUT2D eigenvalue weighted by molar-refractivity contribution is -0.597. The molecule has 1 nitrogen and oxygen atoms in total. The van der Waals surface area contributed by atoms with Gasteiger partial charge in [-0.3, -0.25) is 4.79 Å². The van der Waals surface area contributed by atoms with Gasteiger partial charge in [0.25, 0.3) is 0 Å². The van der Waals surface area contributed by atoms with Crippen LogP contribution in [0.25, 0.3) is 0 Å². The van der Waals surface area contributed by atoms with Gasteiger partial charge >= 0.3 is 21.2 Å². The number of carbonyl (C=O) groups is 1. The maximum atomic E-state index is 11.6. The quantitative estimate of drug-likeness (QED) is 0.495. The number of carbonyl (C=O) groups excluding carboxylic acids is 1. The molecule has 2 aromatic carbocycles. The molecule has 0 spiro atoms. The third kappa shape index (κ3) is 5.16. The average Bonchev–Trinajstić information content (AvgIpc) is 3.01. The van der Waals surface area contributed by atoms with E-state index in [2.05, 4.69) is 111 Å². The van der Waals surface area contributed by atoms with Gasteiger partial charge in [0.1, 0.15) is 5.78 Å². The Balaban J connectivity index is 0.000000219. The van der Waals surface area contributed by atoms with Crippen LogP contribution in [0.15, 0.2) is 48.5 Å². The van der Waals surface area contributed by atoms with E-state index in [1.165, 1.54) is 24.7 Å². The first kappa shape index (κ1) is 25.5. The van der Waals surface area contributed by atoms with Gasteiger partial charge in [-0.05, 0) is 70.4 Å². The van der Waals surface area contributed by atoms with Gasteiger partial charge in [-0.25, -0.2) is 0 Å². The molecule has 2 aromatic rings. The minimum Gasteiger partial charge on any atom is -0.299 e. The van der Waals surface area contributed by atoms with Crippen molar-refractivity contribution in [1.82, 2.24) is 0 Å². The SMILES string of the molecule is CC(C)(C)c1ccc([I+]c2ccc(C(C)(C)C)cc2)cc1.CC12CCC(CC1=O)C2(C)C. The second-order valence-electron chi connectivity index (χ2n) is 12.5. The lowest BCUT2D eigenvalue weighted by Crippen LogP contribution is -3.61. The van der Waals surface area contributed by atoms with Crippen LogP contribution in [0.3, 0.4) is 0 Å². The number of Topliss-reactive ketones (excluding diaryl/α,β-unsaturated/α-hetero) is 1. The van der Waals surface area contributed by atoms with Crippen LogP contribution in [-0.2, 0) is 15.6 Å². The molecule has 2 aliphatic rings. The van der Waals surface area contributed by atoms with Crippen molar-refractivity contribution in [3.05, 3.63) is 66.8 Å². The molecule has 0 aliphatic heterocycles. The highest BCUT2D eigenvalue weighted by molar-refractivity contribution is 5.89. The van der Waals surface area contributed by atoms with E-state index in [0.717, 1.165) is 12.8 Å². The van der Waals surface area contributed by atoms with Crippen molar-refractivity contribution in [2.75, 3.05) is 0 Å². The molecule has 2 unspecified atom stereocenters. The predicted octanol–water partition coefficient (Wildman–Crippen LogP) is 4.81. The number of halogens is 1. The summed E-state index contributed by atoms with van der Waals surface area (Å²) in [5.41, 5.74) is 3.62. The highest BCUT2D eigenvalue weighted by Crippen LogP contribution is 2.63. The summed E-state index contributed by atoms with van der Waals surface area (Å²) in [5.74, 6) is 1.19. The van der Waals surface area contributed by atoms with Gasteiger partial charge in [-0.1, -0.05) is 86.6 Å². The molecule has 0 aromatic heterocycles. The predicted molar refractivity (Wildman–Crippen MR) is 132 cm³/mol. The molecular weight excluding hydrogens is 503 g/mol. The fourth-order valence-electron chi connectivity index (χ4n) is 5.05. The van der Waals surface area contributed by atoms with Crippen LogP contribution < -0.4 is 21.2 Å². The molecule has 0 radical (unpaired) electrons. The molecule has 2 saturated carbocycles. The minimum absolute atomic E-state index is 0.0255. The molecule has 4 rings (SSSR count). The first-order chi connectivity index (χ1) is 14.6. The van der Waals surface area contributed by atoms with Crippen LogP contribution in [0.5, 0.6) is 0 Å². The maximum Gasteiger partial charge on any atom is 0.357 e. The smallest absolute Gasteiger partial charge is 0.299 e. The zero-order valence-corrected chi connectivity index (χ0v) is 23.8. The molecule has 0 heterocycles.